The summed E-state index contributed by atoms with van der Waals surface area (Å²) >= 11 is 1.07. The number of hydrogen-bond acceptors (Lipinski definition) is 6. The van der Waals surface area contributed by atoms with Crippen LogP contribution in [0.5, 0.6) is 0 Å². The molecule has 0 bridgehead atoms. The highest BCUT2D eigenvalue weighted by Crippen LogP contribution is 2.34. The number of benzene rings is 1. The zero-order valence-corrected chi connectivity index (χ0v) is 17.9. The SMILES string of the molecule is OC(CCCc1ccccc1)N1CCN(c2ncnc3sc(CC(F)(F)F)cc23)CC1. The average molecular weight is 451 g/mol. The number of alkyl halides is 3. The number of halogens is 3. The van der Waals surface area contributed by atoms with Crippen LogP contribution in [0, 0.1) is 0 Å². The number of aryl methyl sites for hydroxylation is 1. The molecule has 2 aromatic heterocycles. The fourth-order valence-electron chi connectivity index (χ4n) is 3.98. The maximum absolute atomic E-state index is 12.8. The molecule has 1 N–H and O–H groups in total. The van der Waals surface area contributed by atoms with Gasteiger partial charge in [-0.1, -0.05) is 30.3 Å². The number of thiophene rings is 1. The Morgan fingerprint density at radius 1 is 1.06 bits per heavy atom. The van der Waals surface area contributed by atoms with Crippen molar-refractivity contribution >= 4 is 27.4 Å². The topological polar surface area (TPSA) is 52.5 Å². The average Bonchev–Trinajstić information content (AvgIpc) is 3.15. The van der Waals surface area contributed by atoms with Gasteiger partial charge < -0.3 is 10.0 Å². The summed E-state index contributed by atoms with van der Waals surface area (Å²) in [5.41, 5.74) is 1.27. The number of hydrogen-bond donors (Lipinski definition) is 1. The lowest BCUT2D eigenvalue weighted by Gasteiger charge is -2.38. The van der Waals surface area contributed by atoms with E-state index in [0.29, 0.717) is 48.6 Å². The summed E-state index contributed by atoms with van der Waals surface area (Å²) in [6.07, 6.45) is -1.71. The van der Waals surface area contributed by atoms with Crippen LogP contribution in [0.15, 0.2) is 42.7 Å². The molecular weight excluding hydrogens is 425 g/mol. The van der Waals surface area contributed by atoms with Gasteiger partial charge in [0.2, 0.25) is 0 Å². The van der Waals surface area contributed by atoms with Crippen LogP contribution in [0.3, 0.4) is 0 Å². The van der Waals surface area contributed by atoms with Crippen molar-refractivity contribution in [3.05, 3.63) is 53.2 Å². The molecular formula is C22H25F3N4OS. The third kappa shape index (κ3) is 5.72. The molecule has 1 atom stereocenters. The van der Waals surface area contributed by atoms with Gasteiger partial charge in [-0.2, -0.15) is 13.2 Å². The Kier molecular flexibility index (Phi) is 6.74. The highest BCUT2D eigenvalue weighted by molar-refractivity contribution is 7.18. The largest absolute Gasteiger partial charge is 0.393 e. The summed E-state index contributed by atoms with van der Waals surface area (Å²) in [5.74, 6) is 0.674. The minimum atomic E-state index is -4.24. The molecule has 4 rings (SSSR count). The van der Waals surface area contributed by atoms with Gasteiger partial charge in [0.15, 0.2) is 0 Å². The predicted molar refractivity (Wildman–Crippen MR) is 116 cm³/mol. The Hall–Kier alpha value is -2.23. The van der Waals surface area contributed by atoms with Crippen molar-refractivity contribution in [2.24, 2.45) is 0 Å². The van der Waals surface area contributed by atoms with Crippen molar-refractivity contribution < 1.29 is 18.3 Å². The van der Waals surface area contributed by atoms with Gasteiger partial charge in [0, 0.05) is 31.1 Å². The summed E-state index contributed by atoms with van der Waals surface area (Å²) in [5, 5.41) is 11.2. The van der Waals surface area contributed by atoms with E-state index in [2.05, 4.69) is 31.9 Å². The van der Waals surface area contributed by atoms with Crippen LogP contribution < -0.4 is 4.90 Å². The molecule has 0 saturated carbocycles. The number of nitrogens with zero attached hydrogens (tertiary/aromatic N) is 4. The van der Waals surface area contributed by atoms with Crippen molar-refractivity contribution in [2.75, 3.05) is 31.1 Å². The first-order valence-electron chi connectivity index (χ1n) is 10.4. The zero-order valence-electron chi connectivity index (χ0n) is 17.1. The molecule has 0 spiro atoms. The van der Waals surface area contributed by atoms with Gasteiger partial charge in [-0.05, 0) is 30.9 Å². The van der Waals surface area contributed by atoms with Crippen LogP contribution in [0.25, 0.3) is 10.2 Å². The molecule has 3 aromatic rings. The molecule has 0 amide bonds. The maximum atomic E-state index is 12.8. The van der Waals surface area contributed by atoms with Crippen molar-refractivity contribution in [1.29, 1.82) is 0 Å². The lowest BCUT2D eigenvalue weighted by atomic mass is 10.1. The maximum Gasteiger partial charge on any atom is 0.393 e. The normalized spacial score (nSPS) is 16.7. The Bertz CT molecular complexity index is 987. The lowest BCUT2D eigenvalue weighted by Crippen LogP contribution is -2.50. The van der Waals surface area contributed by atoms with Crippen LogP contribution in [0.2, 0.25) is 0 Å². The monoisotopic (exact) mass is 450 g/mol. The van der Waals surface area contributed by atoms with E-state index in [9.17, 15) is 18.3 Å². The van der Waals surface area contributed by atoms with Crippen molar-refractivity contribution in [3.8, 4) is 0 Å². The number of aliphatic hydroxyl groups excluding tert-OH is 1. The van der Waals surface area contributed by atoms with Gasteiger partial charge in [0.1, 0.15) is 23.2 Å². The molecule has 1 unspecified atom stereocenters. The first-order valence-corrected chi connectivity index (χ1v) is 11.2. The summed E-state index contributed by atoms with van der Waals surface area (Å²) < 4.78 is 38.3. The Labute approximate surface area is 183 Å². The zero-order chi connectivity index (χ0) is 21.8. The second-order valence-electron chi connectivity index (χ2n) is 7.80. The van der Waals surface area contributed by atoms with E-state index >= 15 is 0 Å². The molecule has 0 radical (unpaired) electrons. The second-order valence-corrected chi connectivity index (χ2v) is 8.92. The molecule has 3 heterocycles. The molecule has 31 heavy (non-hydrogen) atoms. The Morgan fingerprint density at radius 3 is 2.52 bits per heavy atom. The third-order valence-corrected chi connectivity index (χ3v) is 6.58. The van der Waals surface area contributed by atoms with E-state index in [1.54, 1.807) is 6.07 Å². The van der Waals surface area contributed by atoms with Gasteiger partial charge in [-0.25, -0.2) is 9.97 Å². The summed E-state index contributed by atoms with van der Waals surface area (Å²) in [7, 11) is 0. The van der Waals surface area contributed by atoms with Gasteiger partial charge >= 0.3 is 6.18 Å². The van der Waals surface area contributed by atoms with Gasteiger partial charge in [0.05, 0.1) is 11.8 Å². The number of aromatic nitrogens is 2. The van der Waals surface area contributed by atoms with E-state index in [0.717, 1.165) is 24.2 Å². The van der Waals surface area contributed by atoms with E-state index in [1.807, 2.05) is 18.2 Å². The van der Waals surface area contributed by atoms with E-state index < -0.39 is 18.8 Å². The van der Waals surface area contributed by atoms with Crippen molar-refractivity contribution in [2.45, 2.75) is 38.1 Å². The van der Waals surface area contributed by atoms with Crippen LogP contribution in [-0.4, -0.2) is 58.6 Å². The molecule has 1 aromatic carbocycles. The predicted octanol–water partition coefficient (Wildman–Crippen LogP) is 4.26. The lowest BCUT2D eigenvalue weighted by molar-refractivity contribution is -0.126. The van der Waals surface area contributed by atoms with E-state index in [1.165, 1.54) is 11.9 Å². The number of anilines is 1. The highest BCUT2D eigenvalue weighted by atomic mass is 32.1. The van der Waals surface area contributed by atoms with Gasteiger partial charge in [0.25, 0.3) is 0 Å². The second kappa shape index (κ2) is 9.50. The van der Waals surface area contributed by atoms with E-state index in [-0.39, 0.29) is 4.88 Å². The van der Waals surface area contributed by atoms with Crippen LogP contribution in [-0.2, 0) is 12.8 Å². The van der Waals surface area contributed by atoms with Gasteiger partial charge in [-0.15, -0.1) is 11.3 Å². The first kappa shape index (κ1) is 22.0. The van der Waals surface area contributed by atoms with Crippen LogP contribution >= 0.6 is 11.3 Å². The molecule has 166 valence electrons. The molecule has 1 saturated heterocycles. The Balaban J connectivity index is 1.33. The number of piperazine rings is 1. The third-order valence-electron chi connectivity index (χ3n) is 5.54. The molecule has 1 aliphatic heterocycles. The van der Waals surface area contributed by atoms with Crippen LogP contribution in [0.4, 0.5) is 19.0 Å². The summed E-state index contributed by atoms with van der Waals surface area (Å²) in [6.45, 7) is 2.67. The van der Waals surface area contributed by atoms with Crippen molar-refractivity contribution in [3.63, 3.8) is 0 Å². The van der Waals surface area contributed by atoms with E-state index in [4.69, 9.17) is 0 Å². The smallest absolute Gasteiger partial charge is 0.378 e. The molecule has 1 aliphatic rings. The van der Waals surface area contributed by atoms with Crippen molar-refractivity contribution in [1.82, 2.24) is 14.9 Å². The molecule has 1 fully saturated rings. The molecule has 5 nitrogen and oxygen atoms in total. The summed E-state index contributed by atoms with van der Waals surface area (Å²) in [6, 6.07) is 11.8. The number of aliphatic hydroxyl groups is 1. The molecule has 9 heteroatoms. The highest BCUT2D eigenvalue weighted by Gasteiger charge is 2.30. The number of fused-ring (bicyclic) bond motifs is 1. The number of rotatable bonds is 7. The summed E-state index contributed by atoms with van der Waals surface area (Å²) in [4.78, 5) is 13.5. The Morgan fingerprint density at radius 2 is 1.81 bits per heavy atom. The minimum Gasteiger partial charge on any atom is -0.378 e. The first-order chi connectivity index (χ1) is 14.9. The fourth-order valence-corrected chi connectivity index (χ4v) is 5.00. The quantitative estimate of drug-likeness (QED) is 0.583. The van der Waals surface area contributed by atoms with Gasteiger partial charge in [-0.3, -0.25) is 4.90 Å². The fraction of sp³-hybridized carbons (Fsp3) is 0.455. The standard InChI is InChI=1S/C22H25F3N4OS/c23-22(24,25)14-17-13-18-20(26-15-27-21(18)31-17)29-11-9-28(10-12-29)19(30)8-4-7-16-5-2-1-3-6-16/h1-3,5-6,13,15,19,30H,4,7-12,14H2. The minimum absolute atomic E-state index is 0.247. The van der Waals surface area contributed by atoms with Crippen LogP contribution in [0.1, 0.15) is 23.3 Å². The molecule has 0 aliphatic carbocycles.